The van der Waals surface area contributed by atoms with E-state index in [-0.39, 0.29) is 19.1 Å². The van der Waals surface area contributed by atoms with Crippen molar-refractivity contribution in [3.63, 3.8) is 0 Å². The summed E-state index contributed by atoms with van der Waals surface area (Å²) in [5.74, 6) is -1.47. The van der Waals surface area contributed by atoms with Crippen molar-refractivity contribution in [2.75, 3.05) is 13.2 Å². The van der Waals surface area contributed by atoms with E-state index in [1.165, 1.54) is 11.1 Å². The predicted octanol–water partition coefficient (Wildman–Crippen LogP) is 3.63. The topological polar surface area (TPSA) is 75.6 Å². The number of aliphatic carboxylic acids is 1. The largest absolute Gasteiger partial charge is 0.480 e. The van der Waals surface area contributed by atoms with Gasteiger partial charge in [-0.05, 0) is 34.2 Å². The van der Waals surface area contributed by atoms with Gasteiger partial charge in [0, 0.05) is 5.92 Å². The number of hydrogen-bond acceptors (Lipinski definition) is 4. The monoisotopic (exact) mass is 401 g/mol. The molecule has 0 bridgehead atoms. The van der Waals surface area contributed by atoms with E-state index >= 15 is 0 Å². The first-order chi connectivity index (χ1) is 14.6. The Morgan fingerprint density at radius 1 is 0.867 bits per heavy atom. The van der Waals surface area contributed by atoms with Crippen LogP contribution in [0.15, 0.2) is 78.9 Å². The van der Waals surface area contributed by atoms with Gasteiger partial charge >= 0.3 is 11.9 Å². The standard InChI is InChI=1S/C25H23NO4/c27-24(15-26-23(25(28)29)14-17-8-2-1-3-9-17)30-16-22-20-12-6-4-10-18(20)19-11-5-7-13-21(19)22/h1-13,22-23,26H,14-16H2,(H,28,29). The van der Waals surface area contributed by atoms with Crippen LogP contribution in [0, 0.1) is 0 Å². The quantitative estimate of drug-likeness (QED) is 0.564. The molecule has 0 fully saturated rings. The predicted molar refractivity (Wildman–Crippen MR) is 114 cm³/mol. The maximum absolute atomic E-state index is 12.3. The van der Waals surface area contributed by atoms with Gasteiger partial charge in [-0.3, -0.25) is 14.9 Å². The molecule has 0 saturated carbocycles. The third kappa shape index (κ3) is 4.26. The lowest BCUT2D eigenvalue weighted by Crippen LogP contribution is -2.41. The summed E-state index contributed by atoms with van der Waals surface area (Å²) < 4.78 is 5.53. The first kappa shape index (κ1) is 19.9. The number of hydrogen-bond donors (Lipinski definition) is 2. The summed E-state index contributed by atoms with van der Waals surface area (Å²) in [5, 5.41) is 12.3. The van der Waals surface area contributed by atoms with Gasteiger partial charge in [-0.1, -0.05) is 78.9 Å². The van der Waals surface area contributed by atoms with Crippen molar-refractivity contribution in [1.82, 2.24) is 5.32 Å². The summed E-state index contributed by atoms with van der Waals surface area (Å²) in [7, 11) is 0. The molecule has 30 heavy (non-hydrogen) atoms. The van der Waals surface area contributed by atoms with Gasteiger partial charge in [-0.25, -0.2) is 0 Å². The third-order valence-corrected chi connectivity index (χ3v) is 5.45. The minimum atomic E-state index is -0.995. The van der Waals surface area contributed by atoms with Crippen LogP contribution in [0.25, 0.3) is 11.1 Å². The highest BCUT2D eigenvalue weighted by Gasteiger charge is 2.29. The fourth-order valence-electron chi connectivity index (χ4n) is 3.97. The zero-order valence-electron chi connectivity index (χ0n) is 16.5. The third-order valence-electron chi connectivity index (χ3n) is 5.45. The highest BCUT2D eigenvalue weighted by atomic mass is 16.5. The van der Waals surface area contributed by atoms with Crippen LogP contribution >= 0.6 is 0 Å². The normalized spacial score (nSPS) is 13.3. The number of benzene rings is 3. The minimum Gasteiger partial charge on any atom is -0.480 e. The molecule has 0 heterocycles. The molecule has 1 aliphatic rings. The Balaban J connectivity index is 1.36. The van der Waals surface area contributed by atoms with E-state index in [1.54, 1.807) is 0 Å². The molecule has 1 atom stereocenters. The first-order valence-electron chi connectivity index (χ1n) is 9.97. The number of esters is 1. The molecule has 5 heteroatoms. The van der Waals surface area contributed by atoms with Crippen LogP contribution in [-0.4, -0.2) is 36.2 Å². The van der Waals surface area contributed by atoms with Gasteiger partial charge in [0.05, 0.1) is 6.54 Å². The van der Waals surface area contributed by atoms with E-state index in [4.69, 9.17) is 4.74 Å². The van der Waals surface area contributed by atoms with Crippen LogP contribution in [0.5, 0.6) is 0 Å². The van der Waals surface area contributed by atoms with Gasteiger partial charge in [-0.15, -0.1) is 0 Å². The van der Waals surface area contributed by atoms with Gasteiger partial charge in [0.1, 0.15) is 12.6 Å². The Hall–Kier alpha value is -3.44. The molecule has 0 aromatic heterocycles. The van der Waals surface area contributed by atoms with Crippen molar-refractivity contribution in [2.24, 2.45) is 0 Å². The lowest BCUT2D eigenvalue weighted by Gasteiger charge is -2.16. The SMILES string of the molecule is O=C(CNC(Cc1ccccc1)C(=O)O)OCC1c2ccccc2-c2ccccc21. The average molecular weight is 401 g/mol. The first-order valence-corrected chi connectivity index (χ1v) is 9.97. The molecule has 3 aromatic rings. The molecule has 0 amide bonds. The van der Waals surface area contributed by atoms with Crippen molar-refractivity contribution in [1.29, 1.82) is 0 Å². The van der Waals surface area contributed by atoms with Crippen molar-refractivity contribution in [3.8, 4) is 11.1 Å². The summed E-state index contributed by atoms with van der Waals surface area (Å²) in [5.41, 5.74) is 5.52. The summed E-state index contributed by atoms with van der Waals surface area (Å²) in [4.78, 5) is 23.9. The lowest BCUT2D eigenvalue weighted by atomic mass is 9.98. The van der Waals surface area contributed by atoms with E-state index < -0.39 is 18.0 Å². The Labute approximate surface area is 175 Å². The summed E-state index contributed by atoms with van der Waals surface area (Å²) in [6.45, 7) is 0.0742. The van der Waals surface area contributed by atoms with Gasteiger partial charge in [0.15, 0.2) is 0 Å². The molecule has 152 valence electrons. The van der Waals surface area contributed by atoms with Crippen LogP contribution < -0.4 is 5.32 Å². The Morgan fingerprint density at radius 2 is 1.43 bits per heavy atom. The molecular formula is C25H23NO4. The van der Waals surface area contributed by atoms with Crippen LogP contribution in [0.3, 0.4) is 0 Å². The van der Waals surface area contributed by atoms with Crippen LogP contribution in [0.4, 0.5) is 0 Å². The Kier molecular flexibility index (Phi) is 5.91. The second kappa shape index (κ2) is 8.93. The average Bonchev–Trinajstić information content (AvgIpc) is 3.09. The number of carbonyl (C=O) groups is 2. The number of ether oxygens (including phenoxy) is 1. The van der Waals surface area contributed by atoms with E-state index in [1.807, 2.05) is 54.6 Å². The fourth-order valence-corrected chi connectivity index (χ4v) is 3.97. The molecule has 3 aromatic carbocycles. The summed E-state index contributed by atoms with van der Waals surface area (Å²) >= 11 is 0. The second-order valence-corrected chi connectivity index (χ2v) is 7.37. The highest BCUT2D eigenvalue weighted by Crippen LogP contribution is 2.44. The van der Waals surface area contributed by atoms with Crippen LogP contribution in [0.2, 0.25) is 0 Å². The van der Waals surface area contributed by atoms with E-state index in [9.17, 15) is 14.7 Å². The second-order valence-electron chi connectivity index (χ2n) is 7.37. The molecule has 0 radical (unpaired) electrons. The molecule has 2 N–H and O–H groups in total. The molecule has 0 spiro atoms. The van der Waals surface area contributed by atoms with Gasteiger partial charge in [0.25, 0.3) is 0 Å². The number of carboxylic acids is 1. The van der Waals surface area contributed by atoms with E-state index in [2.05, 4.69) is 29.6 Å². The molecule has 0 aliphatic heterocycles. The zero-order chi connectivity index (χ0) is 20.9. The number of carboxylic acid groups (broad SMARTS) is 1. The van der Waals surface area contributed by atoms with Gasteiger partial charge in [0.2, 0.25) is 0 Å². The smallest absolute Gasteiger partial charge is 0.321 e. The lowest BCUT2D eigenvalue weighted by molar-refractivity contribution is -0.144. The molecule has 5 nitrogen and oxygen atoms in total. The number of carbonyl (C=O) groups excluding carboxylic acids is 1. The number of nitrogens with one attached hydrogen (secondary N) is 1. The Bertz CT molecular complexity index is 1000. The summed E-state index contributed by atoms with van der Waals surface area (Å²) in [6.07, 6.45) is 0.298. The van der Waals surface area contributed by atoms with Crippen LogP contribution in [-0.2, 0) is 20.7 Å². The van der Waals surface area contributed by atoms with Crippen molar-refractivity contribution in [2.45, 2.75) is 18.4 Å². The fraction of sp³-hybridized carbons (Fsp3) is 0.200. The van der Waals surface area contributed by atoms with Crippen molar-refractivity contribution in [3.05, 3.63) is 95.6 Å². The molecule has 1 aliphatic carbocycles. The van der Waals surface area contributed by atoms with Crippen molar-refractivity contribution < 1.29 is 19.4 Å². The number of rotatable bonds is 8. The maximum Gasteiger partial charge on any atom is 0.321 e. The minimum absolute atomic E-state index is 0.0130. The van der Waals surface area contributed by atoms with Gasteiger partial charge < -0.3 is 9.84 Å². The van der Waals surface area contributed by atoms with E-state index in [0.29, 0.717) is 6.42 Å². The van der Waals surface area contributed by atoms with Gasteiger partial charge in [-0.2, -0.15) is 0 Å². The van der Waals surface area contributed by atoms with Crippen LogP contribution in [0.1, 0.15) is 22.6 Å². The zero-order valence-corrected chi connectivity index (χ0v) is 16.5. The van der Waals surface area contributed by atoms with E-state index in [0.717, 1.165) is 16.7 Å². The molecule has 4 rings (SSSR count). The Morgan fingerprint density at radius 3 is 2.03 bits per heavy atom. The maximum atomic E-state index is 12.3. The highest BCUT2D eigenvalue weighted by molar-refractivity contribution is 5.79. The molecular weight excluding hydrogens is 378 g/mol. The molecule has 0 saturated heterocycles. The summed E-state index contributed by atoms with van der Waals surface area (Å²) in [6, 6.07) is 24.8. The molecule has 1 unspecified atom stereocenters. The number of fused-ring (bicyclic) bond motifs is 3. The van der Waals surface area contributed by atoms with Crippen molar-refractivity contribution >= 4 is 11.9 Å².